The summed E-state index contributed by atoms with van der Waals surface area (Å²) in [6.07, 6.45) is 1.39. The van der Waals surface area contributed by atoms with E-state index in [1.165, 1.54) is 24.1 Å². The summed E-state index contributed by atoms with van der Waals surface area (Å²) in [5, 5.41) is 13.6. The number of amides is 2. The van der Waals surface area contributed by atoms with Gasteiger partial charge in [0.25, 0.3) is 0 Å². The first kappa shape index (κ1) is 29.6. The number of hydrogen-bond donors (Lipinski definition) is 0. The van der Waals surface area contributed by atoms with Gasteiger partial charge in [-0.15, -0.1) is 11.3 Å². The number of benzene rings is 1. The molecule has 1 aromatic heterocycles. The summed E-state index contributed by atoms with van der Waals surface area (Å²) in [4.78, 5) is 55.0. The van der Waals surface area contributed by atoms with E-state index in [1.54, 1.807) is 18.3 Å². The molecule has 39 heavy (non-hydrogen) atoms. The molecule has 1 atom stereocenters. The largest absolute Gasteiger partial charge is 0.490 e. The van der Waals surface area contributed by atoms with Crippen LogP contribution in [-0.4, -0.2) is 64.9 Å². The number of carbonyl (C=O) groups excluding carboxylic acids is 3. The highest BCUT2D eigenvalue weighted by Crippen LogP contribution is 2.39. The summed E-state index contributed by atoms with van der Waals surface area (Å²) in [6, 6.07) is 5.30. The minimum atomic E-state index is -1.30. The van der Waals surface area contributed by atoms with Crippen molar-refractivity contribution in [3.63, 3.8) is 0 Å². The van der Waals surface area contributed by atoms with Crippen LogP contribution < -0.4 is 4.74 Å². The molecule has 1 aliphatic rings. The lowest BCUT2D eigenvalue weighted by Crippen LogP contribution is -2.55. The van der Waals surface area contributed by atoms with Gasteiger partial charge in [0.15, 0.2) is 11.8 Å². The monoisotopic (exact) mass is 555 g/mol. The number of fused-ring (bicyclic) bond motifs is 1. The maximum Gasteiger partial charge on any atom is 0.333 e. The number of unbranched alkanes of at least 4 members (excludes halogenated alkanes) is 1. The minimum absolute atomic E-state index is 0.0412. The molecular formula is C28H33N3O7S. The lowest BCUT2D eigenvalue weighted by Gasteiger charge is -2.39. The van der Waals surface area contributed by atoms with Crippen molar-refractivity contribution < 1.29 is 28.8 Å². The standard InChI is InChI=1S/C28H33N3O7S/c1-6-38-27(34)24-21-18-22(31(35)36)23(37-5)17-19(21)13-15-29(24)25(32)26(33)30(28(2,3)4)14-9-7-8-11-20-12-10-16-39-20/h10,12,16-18,24H,6-7,9,13-15H2,1-5H3. The number of ether oxygens (including phenoxy) is 2. The van der Waals surface area contributed by atoms with Crippen molar-refractivity contribution in [1.82, 2.24) is 9.80 Å². The smallest absolute Gasteiger partial charge is 0.333 e. The molecule has 2 aromatic rings. The third-order valence-electron chi connectivity index (χ3n) is 6.29. The van der Waals surface area contributed by atoms with Crippen LogP contribution in [0.2, 0.25) is 0 Å². The summed E-state index contributed by atoms with van der Waals surface area (Å²) in [6.45, 7) is 7.52. The molecule has 208 valence electrons. The molecule has 11 heteroatoms. The van der Waals surface area contributed by atoms with Gasteiger partial charge in [-0.25, -0.2) is 4.79 Å². The van der Waals surface area contributed by atoms with E-state index in [9.17, 15) is 24.5 Å². The van der Waals surface area contributed by atoms with Crippen molar-refractivity contribution in [2.45, 2.75) is 58.5 Å². The highest BCUT2D eigenvalue weighted by Gasteiger charge is 2.43. The molecule has 1 aliphatic heterocycles. The van der Waals surface area contributed by atoms with Gasteiger partial charge in [0.2, 0.25) is 0 Å². The second-order valence-electron chi connectivity index (χ2n) is 9.89. The van der Waals surface area contributed by atoms with E-state index >= 15 is 0 Å². The van der Waals surface area contributed by atoms with E-state index in [2.05, 4.69) is 11.8 Å². The Morgan fingerprint density at radius 1 is 1.28 bits per heavy atom. The molecular weight excluding hydrogens is 522 g/mol. The molecule has 2 amide bonds. The maximum atomic E-state index is 13.6. The van der Waals surface area contributed by atoms with Crippen LogP contribution >= 0.6 is 11.3 Å². The number of carbonyl (C=O) groups is 3. The van der Waals surface area contributed by atoms with E-state index in [0.29, 0.717) is 24.9 Å². The number of thiophene rings is 1. The van der Waals surface area contributed by atoms with Gasteiger partial charge in [0, 0.05) is 31.1 Å². The van der Waals surface area contributed by atoms with E-state index in [1.807, 2.05) is 38.3 Å². The molecule has 0 saturated heterocycles. The average Bonchev–Trinajstić information content (AvgIpc) is 3.41. The normalized spacial score (nSPS) is 14.5. The molecule has 0 fully saturated rings. The minimum Gasteiger partial charge on any atom is -0.490 e. The Hall–Kier alpha value is -3.91. The van der Waals surface area contributed by atoms with Gasteiger partial charge >= 0.3 is 23.5 Å². The fourth-order valence-electron chi connectivity index (χ4n) is 4.44. The van der Waals surface area contributed by atoms with E-state index in [4.69, 9.17) is 9.47 Å². The zero-order valence-corrected chi connectivity index (χ0v) is 23.6. The molecule has 3 rings (SSSR count). The Kier molecular flexibility index (Phi) is 9.70. The summed E-state index contributed by atoms with van der Waals surface area (Å²) >= 11 is 1.55. The van der Waals surface area contributed by atoms with Gasteiger partial charge in [0.1, 0.15) is 0 Å². The average molecular weight is 556 g/mol. The number of esters is 1. The maximum absolute atomic E-state index is 13.6. The van der Waals surface area contributed by atoms with Crippen molar-refractivity contribution >= 4 is 34.8 Å². The number of hydrogen-bond acceptors (Lipinski definition) is 8. The zero-order valence-electron chi connectivity index (χ0n) is 22.8. The van der Waals surface area contributed by atoms with Gasteiger partial charge in [-0.3, -0.25) is 19.7 Å². The molecule has 10 nitrogen and oxygen atoms in total. The highest BCUT2D eigenvalue weighted by molar-refractivity contribution is 7.10. The van der Waals surface area contributed by atoms with Crippen LogP contribution in [0, 0.1) is 22.0 Å². The van der Waals surface area contributed by atoms with Crippen molar-refractivity contribution in [2.24, 2.45) is 0 Å². The topological polar surface area (TPSA) is 119 Å². The number of nitro benzene ring substituents is 1. The Labute approximate surface area is 232 Å². The summed E-state index contributed by atoms with van der Waals surface area (Å²) in [7, 11) is 1.32. The van der Waals surface area contributed by atoms with Gasteiger partial charge in [0.05, 0.1) is 23.5 Å². The quantitative estimate of drug-likeness (QED) is 0.126. The molecule has 0 N–H and O–H groups in total. The summed E-state index contributed by atoms with van der Waals surface area (Å²) in [5.41, 5.74) is -0.151. The van der Waals surface area contributed by atoms with Crippen molar-refractivity contribution in [3.8, 4) is 17.6 Å². The zero-order chi connectivity index (χ0) is 28.7. The predicted octanol–water partition coefficient (Wildman–Crippen LogP) is 4.11. The van der Waals surface area contributed by atoms with Crippen LogP contribution in [0.5, 0.6) is 5.75 Å². The first-order valence-corrected chi connectivity index (χ1v) is 13.5. The van der Waals surface area contributed by atoms with Crippen molar-refractivity contribution in [3.05, 3.63) is 55.8 Å². The second kappa shape index (κ2) is 12.8. The van der Waals surface area contributed by atoms with Crippen LogP contribution in [0.1, 0.15) is 62.6 Å². The number of nitro groups is 1. The lowest BCUT2D eigenvalue weighted by molar-refractivity contribution is -0.385. The molecule has 0 aliphatic carbocycles. The second-order valence-corrected chi connectivity index (χ2v) is 10.8. The molecule has 0 radical (unpaired) electrons. The highest BCUT2D eigenvalue weighted by atomic mass is 32.1. The van der Waals surface area contributed by atoms with Crippen LogP contribution in [0.15, 0.2) is 29.6 Å². The Morgan fingerprint density at radius 2 is 2.03 bits per heavy atom. The van der Waals surface area contributed by atoms with Crippen LogP contribution in [-0.2, 0) is 25.5 Å². The Morgan fingerprint density at radius 3 is 2.62 bits per heavy atom. The fourth-order valence-corrected chi connectivity index (χ4v) is 5.03. The van der Waals surface area contributed by atoms with Crippen LogP contribution in [0.3, 0.4) is 0 Å². The third-order valence-corrected chi connectivity index (χ3v) is 7.08. The van der Waals surface area contributed by atoms with Crippen LogP contribution in [0.25, 0.3) is 0 Å². The summed E-state index contributed by atoms with van der Waals surface area (Å²) < 4.78 is 10.4. The van der Waals surface area contributed by atoms with E-state index in [-0.39, 0.29) is 36.6 Å². The van der Waals surface area contributed by atoms with Gasteiger partial charge in [-0.2, -0.15) is 0 Å². The molecule has 1 unspecified atom stereocenters. The van der Waals surface area contributed by atoms with Gasteiger partial charge in [-0.05, 0) is 69.2 Å². The molecule has 0 spiro atoms. The summed E-state index contributed by atoms with van der Waals surface area (Å²) in [5.74, 6) is 3.86. The number of methoxy groups -OCH3 is 1. The first-order chi connectivity index (χ1) is 18.5. The van der Waals surface area contributed by atoms with E-state index in [0.717, 1.165) is 9.78 Å². The Bertz CT molecular complexity index is 1290. The molecule has 1 aromatic carbocycles. The Balaban J connectivity index is 1.88. The fraction of sp³-hybridized carbons (Fsp3) is 0.464. The van der Waals surface area contributed by atoms with Gasteiger partial charge < -0.3 is 19.3 Å². The van der Waals surface area contributed by atoms with Gasteiger partial charge in [-0.1, -0.05) is 17.9 Å². The SMILES string of the molecule is CCOC(=O)C1c2cc([N+](=O)[O-])c(OC)cc2CCN1C(=O)C(=O)N(CCCC#Cc1cccs1)C(C)(C)C. The van der Waals surface area contributed by atoms with Crippen LogP contribution in [0.4, 0.5) is 5.69 Å². The third kappa shape index (κ3) is 6.95. The predicted molar refractivity (Wildman–Crippen MR) is 146 cm³/mol. The molecule has 0 saturated carbocycles. The number of rotatable bonds is 7. The lowest BCUT2D eigenvalue weighted by atomic mass is 9.91. The molecule has 2 heterocycles. The van der Waals surface area contributed by atoms with E-state index < -0.39 is 34.3 Å². The molecule has 0 bridgehead atoms. The first-order valence-electron chi connectivity index (χ1n) is 12.7. The number of nitrogens with zero attached hydrogens (tertiary/aromatic N) is 3. The van der Waals surface area contributed by atoms with Crippen molar-refractivity contribution in [1.29, 1.82) is 0 Å². The van der Waals surface area contributed by atoms with Crippen molar-refractivity contribution in [2.75, 3.05) is 26.8 Å².